The number of amides is 1. The summed E-state index contributed by atoms with van der Waals surface area (Å²) < 4.78 is 32.2. The third-order valence-electron chi connectivity index (χ3n) is 5.57. The molecule has 3 aromatic rings. The first-order valence-electron chi connectivity index (χ1n) is 10.0. The molecule has 0 radical (unpaired) electrons. The number of nitrogens with zero attached hydrogens (tertiary/aromatic N) is 4. The monoisotopic (exact) mass is 414 g/mol. The van der Waals surface area contributed by atoms with Gasteiger partial charge in [0.25, 0.3) is 0 Å². The molecule has 0 N–H and O–H groups in total. The minimum absolute atomic E-state index is 0.0537. The Morgan fingerprint density at radius 1 is 1.27 bits per heavy atom. The molecule has 2 aromatic heterocycles. The van der Waals surface area contributed by atoms with Gasteiger partial charge in [0.2, 0.25) is 5.91 Å². The van der Waals surface area contributed by atoms with E-state index in [0.29, 0.717) is 18.7 Å². The van der Waals surface area contributed by atoms with Gasteiger partial charge in [0, 0.05) is 30.4 Å². The number of carbonyl (C=O) groups excluding carboxylic acids is 1. The maximum atomic E-state index is 13.1. The fourth-order valence-electron chi connectivity index (χ4n) is 4.23. The summed E-state index contributed by atoms with van der Waals surface area (Å²) in [5, 5.41) is 4.47. The largest absolute Gasteiger partial charge is 0.433 e. The van der Waals surface area contributed by atoms with E-state index in [4.69, 9.17) is 4.74 Å². The zero-order valence-electron chi connectivity index (χ0n) is 17.3. The molecule has 0 aliphatic carbocycles. The number of alkyl halides is 2. The lowest BCUT2D eigenvalue weighted by Crippen LogP contribution is -2.36. The van der Waals surface area contributed by atoms with Crippen molar-refractivity contribution < 1.29 is 18.3 Å². The van der Waals surface area contributed by atoms with Crippen LogP contribution in [-0.4, -0.2) is 33.7 Å². The van der Waals surface area contributed by atoms with Crippen molar-refractivity contribution >= 4 is 17.2 Å². The minimum Gasteiger partial charge on any atom is -0.433 e. The van der Waals surface area contributed by atoms with Crippen molar-refractivity contribution in [3.8, 4) is 5.75 Å². The molecule has 30 heavy (non-hydrogen) atoms. The van der Waals surface area contributed by atoms with Crippen LogP contribution in [-0.2, 0) is 17.6 Å². The molecular weight excluding hydrogens is 390 g/mol. The molecular formula is C22H24F2N4O2. The number of fused-ring (bicyclic) bond motifs is 2. The van der Waals surface area contributed by atoms with Gasteiger partial charge in [-0.1, -0.05) is 12.1 Å². The molecule has 0 fully saturated rings. The van der Waals surface area contributed by atoms with Gasteiger partial charge in [-0.25, -0.2) is 9.50 Å². The summed E-state index contributed by atoms with van der Waals surface area (Å²) in [5.41, 5.74) is 5.81. The lowest BCUT2D eigenvalue weighted by Gasteiger charge is -2.31. The molecule has 6 nitrogen and oxygen atoms in total. The van der Waals surface area contributed by atoms with Crippen molar-refractivity contribution in [1.82, 2.24) is 14.6 Å². The van der Waals surface area contributed by atoms with E-state index in [2.05, 4.69) is 10.1 Å². The highest BCUT2D eigenvalue weighted by atomic mass is 19.3. The first kappa shape index (κ1) is 20.3. The van der Waals surface area contributed by atoms with Gasteiger partial charge in [-0.15, -0.1) is 0 Å². The number of hydrogen-bond donors (Lipinski definition) is 0. The first-order chi connectivity index (χ1) is 14.3. The van der Waals surface area contributed by atoms with Crippen LogP contribution in [0, 0.1) is 20.8 Å². The zero-order valence-corrected chi connectivity index (χ0v) is 17.3. The van der Waals surface area contributed by atoms with Crippen LogP contribution in [0.25, 0.3) is 5.65 Å². The van der Waals surface area contributed by atoms with Crippen LogP contribution in [0.1, 0.15) is 41.1 Å². The predicted octanol–water partition coefficient (Wildman–Crippen LogP) is 4.17. The van der Waals surface area contributed by atoms with Crippen molar-refractivity contribution in [2.75, 3.05) is 11.4 Å². The van der Waals surface area contributed by atoms with E-state index in [0.717, 1.165) is 46.7 Å². The first-order valence-corrected chi connectivity index (χ1v) is 10.0. The number of carbonyl (C=O) groups is 1. The Balaban J connectivity index is 1.59. The highest BCUT2D eigenvalue weighted by Crippen LogP contribution is 2.37. The van der Waals surface area contributed by atoms with E-state index in [-0.39, 0.29) is 18.1 Å². The topological polar surface area (TPSA) is 59.7 Å². The van der Waals surface area contributed by atoms with E-state index in [1.54, 1.807) is 15.5 Å². The van der Waals surface area contributed by atoms with Gasteiger partial charge >= 0.3 is 6.61 Å². The molecule has 3 heterocycles. The van der Waals surface area contributed by atoms with Crippen LogP contribution in [0.2, 0.25) is 0 Å². The van der Waals surface area contributed by atoms with Gasteiger partial charge in [-0.2, -0.15) is 13.9 Å². The number of aryl methyl sites for hydroxylation is 4. The molecule has 1 aliphatic heterocycles. The molecule has 0 unspecified atom stereocenters. The molecule has 158 valence electrons. The van der Waals surface area contributed by atoms with Crippen molar-refractivity contribution in [3.63, 3.8) is 0 Å². The van der Waals surface area contributed by atoms with Crippen molar-refractivity contribution in [3.05, 3.63) is 52.5 Å². The Labute approximate surface area is 173 Å². The van der Waals surface area contributed by atoms with Gasteiger partial charge in [-0.05, 0) is 57.2 Å². The molecule has 1 amide bonds. The number of benzene rings is 1. The second kappa shape index (κ2) is 8.01. The Bertz CT molecular complexity index is 1110. The molecule has 0 spiro atoms. The molecule has 0 saturated carbocycles. The third kappa shape index (κ3) is 3.74. The molecule has 1 aliphatic rings. The Morgan fingerprint density at radius 2 is 2.07 bits per heavy atom. The van der Waals surface area contributed by atoms with E-state index in [9.17, 15) is 13.6 Å². The predicted molar refractivity (Wildman–Crippen MR) is 109 cm³/mol. The number of aromatic nitrogens is 3. The number of anilines is 1. The van der Waals surface area contributed by atoms with Crippen LogP contribution in [0.5, 0.6) is 5.75 Å². The molecule has 0 atom stereocenters. The summed E-state index contributed by atoms with van der Waals surface area (Å²) in [6.07, 6.45) is 2.27. The average molecular weight is 414 g/mol. The van der Waals surface area contributed by atoms with Gasteiger partial charge < -0.3 is 9.64 Å². The highest BCUT2D eigenvalue weighted by Gasteiger charge is 2.27. The number of hydrogen-bond acceptors (Lipinski definition) is 4. The highest BCUT2D eigenvalue weighted by molar-refractivity contribution is 5.96. The maximum absolute atomic E-state index is 13.1. The van der Waals surface area contributed by atoms with E-state index >= 15 is 0 Å². The summed E-state index contributed by atoms with van der Waals surface area (Å²) in [6, 6.07) is 6.95. The molecule has 8 heteroatoms. The summed E-state index contributed by atoms with van der Waals surface area (Å²) in [4.78, 5) is 19.3. The molecule has 4 rings (SSSR count). The summed E-state index contributed by atoms with van der Waals surface area (Å²) in [5.74, 6) is -0.0603. The summed E-state index contributed by atoms with van der Waals surface area (Å²) in [7, 11) is 0. The van der Waals surface area contributed by atoms with Crippen LogP contribution >= 0.6 is 0 Å². The lowest BCUT2D eigenvalue weighted by molar-refractivity contribution is -0.118. The smallest absolute Gasteiger partial charge is 0.387 e. The van der Waals surface area contributed by atoms with Gasteiger partial charge in [0.15, 0.2) is 5.65 Å². The second-order valence-corrected chi connectivity index (χ2v) is 7.61. The Hall–Kier alpha value is -3.03. The number of para-hydroxylation sites is 1. The van der Waals surface area contributed by atoms with Crippen LogP contribution in [0.3, 0.4) is 0 Å². The normalized spacial score (nSPS) is 13.7. The third-order valence-corrected chi connectivity index (χ3v) is 5.57. The molecule has 0 saturated heterocycles. The van der Waals surface area contributed by atoms with E-state index in [1.165, 1.54) is 6.07 Å². The van der Waals surface area contributed by atoms with Crippen molar-refractivity contribution in [2.24, 2.45) is 0 Å². The standard InChI is InChI=1S/C22H24F2N4O2/c1-13-12-19-25-14(2)17(15(3)28(19)26-13)9-10-20(29)27-11-5-7-16-6-4-8-18(21(16)27)30-22(23)24/h4,6,8,12,22H,5,7,9-11H2,1-3H3. The van der Waals surface area contributed by atoms with Gasteiger partial charge in [0.1, 0.15) is 5.75 Å². The SMILES string of the molecule is Cc1cc2nc(C)c(CCC(=O)N3CCCc4cccc(OC(F)F)c43)c(C)n2n1. The Kier molecular flexibility index (Phi) is 5.40. The fourth-order valence-corrected chi connectivity index (χ4v) is 4.23. The Morgan fingerprint density at radius 3 is 2.83 bits per heavy atom. The summed E-state index contributed by atoms with van der Waals surface area (Å²) >= 11 is 0. The second-order valence-electron chi connectivity index (χ2n) is 7.61. The quantitative estimate of drug-likeness (QED) is 0.629. The average Bonchev–Trinajstić information content (AvgIpc) is 3.07. The molecule has 0 bridgehead atoms. The number of ether oxygens (including phenoxy) is 1. The zero-order chi connectivity index (χ0) is 21.4. The van der Waals surface area contributed by atoms with Crippen molar-refractivity contribution in [2.45, 2.75) is 53.1 Å². The van der Waals surface area contributed by atoms with Gasteiger partial charge in [0.05, 0.1) is 11.4 Å². The van der Waals surface area contributed by atoms with E-state index in [1.807, 2.05) is 32.9 Å². The number of rotatable bonds is 5. The lowest BCUT2D eigenvalue weighted by atomic mass is 9.99. The number of halogens is 2. The van der Waals surface area contributed by atoms with Gasteiger partial charge in [-0.3, -0.25) is 4.79 Å². The maximum Gasteiger partial charge on any atom is 0.387 e. The fraction of sp³-hybridized carbons (Fsp3) is 0.409. The molecule has 1 aromatic carbocycles. The van der Waals surface area contributed by atoms with Crippen LogP contribution in [0.15, 0.2) is 24.3 Å². The minimum atomic E-state index is -2.93. The van der Waals surface area contributed by atoms with Crippen molar-refractivity contribution in [1.29, 1.82) is 0 Å². The van der Waals surface area contributed by atoms with E-state index < -0.39 is 6.61 Å². The van der Waals surface area contributed by atoms with Crippen LogP contribution in [0.4, 0.5) is 14.5 Å². The van der Waals surface area contributed by atoms with Crippen LogP contribution < -0.4 is 9.64 Å². The summed E-state index contributed by atoms with van der Waals surface area (Å²) in [6.45, 7) is 3.37.